The van der Waals surface area contributed by atoms with Crippen LogP contribution in [0.4, 0.5) is 4.39 Å². The topological polar surface area (TPSA) is 80.6 Å². The molecule has 3 aliphatic rings. The molecule has 3 heterocycles. The third kappa shape index (κ3) is 4.93. The lowest BCUT2D eigenvalue weighted by Gasteiger charge is -2.14. The first kappa shape index (κ1) is 21.9. The van der Waals surface area contributed by atoms with Gasteiger partial charge in [-0.15, -0.1) is 5.73 Å². The summed E-state index contributed by atoms with van der Waals surface area (Å²) in [5.74, 6) is 0.565. The molecule has 0 saturated carbocycles. The first-order chi connectivity index (χ1) is 15.5. The molecular weight excluding hydrogens is 423 g/mol. The Balaban J connectivity index is 1.66. The van der Waals surface area contributed by atoms with Gasteiger partial charge in [0.2, 0.25) is 0 Å². The van der Waals surface area contributed by atoms with Crippen LogP contribution in [0.3, 0.4) is 0 Å². The van der Waals surface area contributed by atoms with Crippen LogP contribution in [-0.4, -0.2) is 21.5 Å². The Bertz CT molecular complexity index is 1180. The van der Waals surface area contributed by atoms with Crippen molar-refractivity contribution < 1.29 is 4.39 Å². The van der Waals surface area contributed by atoms with E-state index in [4.69, 9.17) is 10.7 Å². The number of fused-ring (bicyclic) bond motifs is 1. The molecule has 0 fully saturated rings. The number of halogens is 1. The molecule has 8 heteroatoms. The lowest BCUT2D eigenvalue weighted by molar-refractivity contribution is 0.575. The maximum atomic E-state index is 14.7. The van der Waals surface area contributed by atoms with Crippen LogP contribution in [0.2, 0.25) is 0 Å². The number of aliphatic imine (C=N–C) groups is 2. The molecule has 1 aromatic heterocycles. The average molecular weight is 449 g/mol. The van der Waals surface area contributed by atoms with Crippen molar-refractivity contribution in [3.05, 3.63) is 93.3 Å². The fourth-order valence-corrected chi connectivity index (χ4v) is 4.28. The van der Waals surface area contributed by atoms with Crippen LogP contribution >= 0.6 is 11.8 Å². The summed E-state index contributed by atoms with van der Waals surface area (Å²) in [6.07, 6.45) is 14.4. The molecule has 32 heavy (non-hydrogen) atoms. The van der Waals surface area contributed by atoms with Crippen LogP contribution in [0, 0.1) is 0 Å². The number of aryl methyl sites for hydroxylation is 1. The Hall–Kier alpha value is -3.35. The van der Waals surface area contributed by atoms with E-state index in [9.17, 15) is 4.39 Å². The van der Waals surface area contributed by atoms with E-state index in [1.807, 2.05) is 22.9 Å². The van der Waals surface area contributed by atoms with Crippen molar-refractivity contribution in [1.82, 2.24) is 15.1 Å². The molecule has 1 aliphatic carbocycles. The van der Waals surface area contributed by atoms with Crippen LogP contribution < -0.4 is 11.1 Å². The minimum Gasteiger partial charge on any atom is -0.393 e. The Kier molecular flexibility index (Phi) is 6.73. The van der Waals surface area contributed by atoms with Crippen molar-refractivity contribution in [2.75, 3.05) is 0 Å². The summed E-state index contributed by atoms with van der Waals surface area (Å²) in [7, 11) is 0. The highest BCUT2D eigenvalue weighted by atomic mass is 32.2. The fourth-order valence-electron chi connectivity index (χ4n) is 3.49. The maximum Gasteiger partial charge on any atom is 0.160 e. The molecule has 6 nitrogen and oxygen atoms in total. The number of aromatic nitrogens is 2. The van der Waals surface area contributed by atoms with Crippen molar-refractivity contribution in [3.8, 4) is 0 Å². The minimum atomic E-state index is -0.350. The number of thioether (sulfide) groups is 1. The molecular formula is C24H25FN6S. The predicted molar refractivity (Wildman–Crippen MR) is 130 cm³/mol. The van der Waals surface area contributed by atoms with Gasteiger partial charge in [0.25, 0.3) is 0 Å². The highest BCUT2D eigenvalue weighted by molar-refractivity contribution is 8.06. The number of allylic oxidation sites excluding steroid dienone is 6. The lowest BCUT2D eigenvalue weighted by Crippen LogP contribution is -2.25. The molecule has 0 spiro atoms. The van der Waals surface area contributed by atoms with Crippen molar-refractivity contribution in [2.45, 2.75) is 39.3 Å². The number of amidine groups is 2. The highest BCUT2D eigenvalue weighted by Crippen LogP contribution is 2.28. The zero-order valence-electron chi connectivity index (χ0n) is 17.9. The maximum absolute atomic E-state index is 14.7. The molecule has 0 amide bonds. The summed E-state index contributed by atoms with van der Waals surface area (Å²) in [5, 5.41) is 8.55. The van der Waals surface area contributed by atoms with E-state index in [0.29, 0.717) is 41.7 Å². The molecule has 2 aliphatic heterocycles. The summed E-state index contributed by atoms with van der Waals surface area (Å²) >= 11 is 1.46. The predicted octanol–water partition coefficient (Wildman–Crippen LogP) is 4.77. The van der Waals surface area contributed by atoms with E-state index in [0.717, 1.165) is 34.8 Å². The van der Waals surface area contributed by atoms with E-state index < -0.39 is 0 Å². The molecule has 4 rings (SSSR count). The van der Waals surface area contributed by atoms with Crippen LogP contribution in [-0.2, 0) is 13.1 Å². The van der Waals surface area contributed by atoms with E-state index >= 15 is 0 Å². The fraction of sp³-hybridized carbons (Fsp3) is 0.250. The number of hydrogen-bond acceptors (Lipinski definition) is 6. The van der Waals surface area contributed by atoms with E-state index in [1.165, 1.54) is 17.8 Å². The molecule has 0 unspecified atom stereocenters. The molecule has 0 atom stereocenters. The Morgan fingerprint density at radius 3 is 3.09 bits per heavy atom. The molecule has 164 valence electrons. The van der Waals surface area contributed by atoms with Crippen LogP contribution in [0.25, 0.3) is 0 Å². The zero-order chi connectivity index (χ0) is 22.5. The third-order valence-corrected chi connectivity index (χ3v) is 5.85. The molecule has 0 aromatic carbocycles. The van der Waals surface area contributed by atoms with Gasteiger partial charge in [0.1, 0.15) is 11.7 Å². The van der Waals surface area contributed by atoms with Gasteiger partial charge in [-0.2, -0.15) is 5.10 Å². The van der Waals surface area contributed by atoms with E-state index in [-0.39, 0.29) is 5.83 Å². The number of nitrogens with zero attached hydrogens (tertiary/aromatic N) is 4. The second kappa shape index (κ2) is 9.85. The van der Waals surface area contributed by atoms with Gasteiger partial charge in [-0.05, 0) is 31.1 Å². The second-order valence-electron chi connectivity index (χ2n) is 7.44. The largest absolute Gasteiger partial charge is 0.393 e. The average Bonchev–Trinajstić information content (AvgIpc) is 2.90. The van der Waals surface area contributed by atoms with Gasteiger partial charge in [-0.3, -0.25) is 9.67 Å². The normalized spacial score (nSPS) is 17.7. The van der Waals surface area contributed by atoms with Crippen molar-refractivity contribution in [1.29, 1.82) is 0 Å². The zero-order valence-corrected chi connectivity index (χ0v) is 18.8. The monoisotopic (exact) mass is 448 g/mol. The summed E-state index contributed by atoms with van der Waals surface area (Å²) in [5.41, 5.74) is 12.0. The summed E-state index contributed by atoms with van der Waals surface area (Å²) < 4.78 is 16.7. The number of rotatable bonds is 6. The Morgan fingerprint density at radius 1 is 1.41 bits per heavy atom. The Labute approximate surface area is 191 Å². The lowest BCUT2D eigenvalue weighted by atomic mass is 10.2. The number of nitrogens with two attached hydrogens (primary N) is 1. The van der Waals surface area contributed by atoms with Gasteiger partial charge in [0.05, 0.1) is 34.6 Å². The molecule has 1 aromatic rings. The van der Waals surface area contributed by atoms with Gasteiger partial charge in [0, 0.05) is 23.6 Å². The van der Waals surface area contributed by atoms with E-state index in [1.54, 1.807) is 18.3 Å². The van der Waals surface area contributed by atoms with Gasteiger partial charge in [0.15, 0.2) is 5.84 Å². The summed E-state index contributed by atoms with van der Waals surface area (Å²) in [4.78, 5) is 10.3. The quantitative estimate of drug-likeness (QED) is 0.614. The summed E-state index contributed by atoms with van der Waals surface area (Å²) in [6.45, 7) is 7.41. The minimum absolute atomic E-state index is 0.350. The Morgan fingerprint density at radius 2 is 2.28 bits per heavy atom. The van der Waals surface area contributed by atoms with Gasteiger partial charge < -0.3 is 11.1 Å². The smallest absolute Gasteiger partial charge is 0.160 e. The van der Waals surface area contributed by atoms with Crippen molar-refractivity contribution >= 4 is 23.4 Å². The number of hydrogen-bond donors (Lipinski definition) is 2. The van der Waals surface area contributed by atoms with Crippen LogP contribution in [0.1, 0.15) is 37.4 Å². The van der Waals surface area contributed by atoms with E-state index in [2.05, 4.69) is 34.6 Å². The first-order valence-corrected chi connectivity index (χ1v) is 11.3. The van der Waals surface area contributed by atoms with Gasteiger partial charge >= 0.3 is 0 Å². The van der Waals surface area contributed by atoms with Crippen molar-refractivity contribution in [2.24, 2.45) is 15.7 Å². The van der Waals surface area contributed by atoms with Gasteiger partial charge in [-0.25, -0.2) is 9.38 Å². The molecule has 3 N–H and O–H groups in total. The highest BCUT2D eigenvalue weighted by Gasteiger charge is 2.23. The SMILES string of the molecule is C=C(CC1=C=CC=C(N)S1)NC1=NC(C2=CCC=CC=C2F)=NCc2c1cnn2CCC. The van der Waals surface area contributed by atoms with Crippen molar-refractivity contribution in [3.63, 3.8) is 0 Å². The molecule has 0 saturated heterocycles. The standard InChI is InChI=1S/C24H25FN6S/c1-3-12-31-21-15-27-23(18-9-5-4-6-10-20(18)25)30-24(19(21)14-28-31)29-16(2)13-17-8-7-11-22(26)32-17/h4,6-7,9-11,14H,2-3,5,12-13,15,26H2,1H3,(H,27,29,30). The second-order valence-corrected chi connectivity index (χ2v) is 8.60. The van der Waals surface area contributed by atoms with Crippen LogP contribution in [0.5, 0.6) is 0 Å². The summed E-state index contributed by atoms with van der Waals surface area (Å²) in [6, 6.07) is 0. The van der Waals surface area contributed by atoms with Crippen LogP contribution in [0.15, 0.2) is 92.0 Å². The number of nitrogens with one attached hydrogen (secondary N) is 1. The molecule has 0 bridgehead atoms. The first-order valence-electron chi connectivity index (χ1n) is 10.5. The molecule has 0 radical (unpaired) electrons. The van der Waals surface area contributed by atoms with Gasteiger partial charge in [-0.1, -0.05) is 43.5 Å². The third-order valence-electron chi connectivity index (χ3n) is 4.97.